The van der Waals surface area contributed by atoms with E-state index in [0.717, 1.165) is 38.6 Å². The van der Waals surface area contributed by atoms with Crippen LogP contribution in [0.3, 0.4) is 0 Å². The highest BCUT2D eigenvalue weighted by Gasteiger charge is 2.08. The van der Waals surface area contributed by atoms with Crippen LogP contribution < -0.4 is 16.4 Å². The third-order valence-corrected chi connectivity index (χ3v) is 1.85. The van der Waals surface area contributed by atoms with Gasteiger partial charge in [0.2, 0.25) is 0 Å². The van der Waals surface area contributed by atoms with Gasteiger partial charge in [0.05, 0.1) is 0 Å². The van der Waals surface area contributed by atoms with Gasteiger partial charge < -0.3 is 16.4 Å². The molecule has 0 saturated heterocycles. The summed E-state index contributed by atoms with van der Waals surface area (Å²) in [6, 6.07) is 0. The van der Waals surface area contributed by atoms with Crippen molar-refractivity contribution in [1.29, 1.82) is 0 Å². The Kier molecular flexibility index (Phi) is 14.0. The van der Waals surface area contributed by atoms with E-state index in [9.17, 15) is 0 Å². The Bertz CT molecular complexity index is 136. The van der Waals surface area contributed by atoms with Crippen molar-refractivity contribution in [3.05, 3.63) is 0 Å². The topological polar surface area (TPSA) is 50.1 Å². The first-order valence-electron chi connectivity index (χ1n) is 6.91. The van der Waals surface area contributed by atoms with Crippen LogP contribution >= 0.6 is 0 Å². The van der Waals surface area contributed by atoms with Crippen molar-refractivity contribution < 1.29 is 0 Å². The number of hydrogen-bond acceptors (Lipinski definition) is 3. The maximum atomic E-state index is 5.34. The van der Waals surface area contributed by atoms with E-state index in [1.807, 2.05) is 0 Å². The third kappa shape index (κ3) is 31.3. The molecule has 0 fully saturated rings. The molecule has 0 radical (unpaired) electrons. The van der Waals surface area contributed by atoms with E-state index in [4.69, 9.17) is 5.73 Å². The van der Waals surface area contributed by atoms with Gasteiger partial charge >= 0.3 is 0 Å². The number of nitrogens with one attached hydrogen (secondary N) is 2. The fourth-order valence-electron chi connectivity index (χ4n) is 0.992. The van der Waals surface area contributed by atoms with E-state index < -0.39 is 0 Å². The van der Waals surface area contributed by atoms with Crippen LogP contribution in [0.2, 0.25) is 0 Å². The molecule has 0 atom stereocenters. The number of hydrogen-bond donors (Lipinski definition) is 3. The van der Waals surface area contributed by atoms with E-state index in [-0.39, 0.29) is 0 Å². The minimum Gasteiger partial charge on any atom is -0.329 e. The SMILES string of the molecule is CC(C)(C)CCNCCNCCN.CC(C)C. The molecule has 0 aromatic rings. The minimum absolute atomic E-state index is 0.442. The molecule has 0 aliphatic carbocycles. The molecular formula is C14H35N3. The van der Waals surface area contributed by atoms with Crippen LogP contribution in [0.25, 0.3) is 0 Å². The van der Waals surface area contributed by atoms with Crippen LogP contribution in [0.1, 0.15) is 48.0 Å². The Morgan fingerprint density at radius 2 is 1.29 bits per heavy atom. The normalized spacial score (nSPS) is 11.3. The molecule has 0 bridgehead atoms. The van der Waals surface area contributed by atoms with Gasteiger partial charge in [-0.05, 0) is 24.3 Å². The smallest absolute Gasteiger partial charge is 0.00772 e. The molecular weight excluding hydrogens is 210 g/mol. The van der Waals surface area contributed by atoms with E-state index in [1.54, 1.807) is 0 Å². The largest absolute Gasteiger partial charge is 0.329 e. The average Bonchev–Trinajstić information content (AvgIpc) is 2.14. The van der Waals surface area contributed by atoms with Crippen LogP contribution in [0.5, 0.6) is 0 Å². The molecule has 106 valence electrons. The fraction of sp³-hybridized carbons (Fsp3) is 1.00. The van der Waals surface area contributed by atoms with Gasteiger partial charge in [-0.3, -0.25) is 0 Å². The Balaban J connectivity index is 0. The van der Waals surface area contributed by atoms with Gasteiger partial charge in [-0.25, -0.2) is 0 Å². The summed E-state index contributed by atoms with van der Waals surface area (Å²) in [5.74, 6) is 0.833. The second kappa shape index (κ2) is 12.3. The Morgan fingerprint density at radius 1 is 0.882 bits per heavy atom. The third-order valence-electron chi connectivity index (χ3n) is 1.85. The van der Waals surface area contributed by atoms with Crippen molar-refractivity contribution in [2.45, 2.75) is 48.0 Å². The second-order valence-electron chi connectivity index (χ2n) is 6.33. The first kappa shape index (κ1) is 19.2. The highest BCUT2D eigenvalue weighted by Crippen LogP contribution is 2.16. The lowest BCUT2D eigenvalue weighted by molar-refractivity contribution is 0.367. The van der Waals surface area contributed by atoms with Gasteiger partial charge in [0.1, 0.15) is 0 Å². The van der Waals surface area contributed by atoms with E-state index in [1.165, 1.54) is 6.42 Å². The van der Waals surface area contributed by atoms with Crippen LogP contribution in [0.4, 0.5) is 0 Å². The van der Waals surface area contributed by atoms with Crippen molar-refractivity contribution in [2.24, 2.45) is 17.1 Å². The molecule has 0 spiro atoms. The quantitative estimate of drug-likeness (QED) is 0.603. The molecule has 0 aliphatic heterocycles. The van der Waals surface area contributed by atoms with E-state index in [2.05, 4.69) is 52.2 Å². The molecule has 17 heavy (non-hydrogen) atoms. The lowest BCUT2D eigenvalue weighted by Crippen LogP contribution is -2.32. The molecule has 0 aliphatic rings. The first-order chi connectivity index (χ1) is 7.79. The number of rotatable bonds is 7. The molecule has 0 heterocycles. The van der Waals surface area contributed by atoms with Crippen LogP contribution in [0, 0.1) is 11.3 Å². The predicted octanol–water partition coefficient (Wildman–Crippen LogP) is 2.22. The van der Waals surface area contributed by atoms with Gasteiger partial charge in [0, 0.05) is 26.2 Å². The standard InChI is InChI=1S/C10H25N3.C4H10/c1-10(2,3)4-6-12-8-9-13-7-5-11;1-4(2)3/h12-13H,4-9,11H2,1-3H3;4H,1-3H3. The van der Waals surface area contributed by atoms with Crippen molar-refractivity contribution in [3.8, 4) is 0 Å². The lowest BCUT2D eigenvalue weighted by atomic mass is 9.92. The summed E-state index contributed by atoms with van der Waals surface area (Å²) in [7, 11) is 0. The maximum absolute atomic E-state index is 5.34. The van der Waals surface area contributed by atoms with E-state index in [0.29, 0.717) is 5.41 Å². The van der Waals surface area contributed by atoms with Gasteiger partial charge in [-0.15, -0.1) is 0 Å². The van der Waals surface area contributed by atoms with Crippen molar-refractivity contribution >= 4 is 0 Å². The molecule has 3 nitrogen and oxygen atoms in total. The van der Waals surface area contributed by atoms with Gasteiger partial charge in [-0.1, -0.05) is 41.5 Å². The zero-order valence-corrected chi connectivity index (χ0v) is 12.9. The van der Waals surface area contributed by atoms with Crippen LogP contribution in [-0.2, 0) is 0 Å². The predicted molar refractivity (Wildman–Crippen MR) is 79.4 cm³/mol. The molecule has 0 aromatic heterocycles. The highest BCUT2D eigenvalue weighted by atomic mass is 14.9. The summed E-state index contributed by atoms with van der Waals surface area (Å²) in [5, 5.41) is 6.64. The zero-order valence-electron chi connectivity index (χ0n) is 12.9. The second-order valence-corrected chi connectivity index (χ2v) is 6.33. The van der Waals surface area contributed by atoms with Crippen LogP contribution in [-0.4, -0.2) is 32.7 Å². The summed E-state index contributed by atoms with van der Waals surface area (Å²) in [6.45, 7) is 18.1. The summed E-state index contributed by atoms with van der Waals surface area (Å²) in [6.07, 6.45) is 1.23. The molecule has 4 N–H and O–H groups in total. The van der Waals surface area contributed by atoms with Gasteiger partial charge in [0.25, 0.3) is 0 Å². The Hall–Kier alpha value is -0.120. The average molecular weight is 245 g/mol. The van der Waals surface area contributed by atoms with Crippen molar-refractivity contribution in [1.82, 2.24) is 10.6 Å². The molecule has 0 unspecified atom stereocenters. The monoisotopic (exact) mass is 245 g/mol. The van der Waals surface area contributed by atoms with Crippen molar-refractivity contribution in [2.75, 3.05) is 32.7 Å². The number of nitrogens with two attached hydrogens (primary N) is 1. The van der Waals surface area contributed by atoms with Crippen LogP contribution in [0.15, 0.2) is 0 Å². The maximum Gasteiger partial charge on any atom is 0.00772 e. The lowest BCUT2D eigenvalue weighted by Gasteiger charge is -2.18. The molecule has 0 saturated carbocycles. The Morgan fingerprint density at radius 3 is 1.65 bits per heavy atom. The molecule has 0 aromatic carbocycles. The summed E-state index contributed by atoms with van der Waals surface area (Å²) in [4.78, 5) is 0. The molecule has 3 heteroatoms. The van der Waals surface area contributed by atoms with E-state index >= 15 is 0 Å². The summed E-state index contributed by atoms with van der Waals surface area (Å²) < 4.78 is 0. The molecule has 0 rings (SSSR count). The van der Waals surface area contributed by atoms with Gasteiger partial charge in [-0.2, -0.15) is 0 Å². The van der Waals surface area contributed by atoms with Crippen molar-refractivity contribution in [3.63, 3.8) is 0 Å². The van der Waals surface area contributed by atoms with Gasteiger partial charge in [0.15, 0.2) is 0 Å². The highest BCUT2D eigenvalue weighted by molar-refractivity contribution is 4.63. The zero-order chi connectivity index (χ0) is 13.7. The fourth-order valence-corrected chi connectivity index (χ4v) is 0.992. The minimum atomic E-state index is 0.442. The Labute approximate surface area is 109 Å². The summed E-state index contributed by atoms with van der Waals surface area (Å²) >= 11 is 0. The summed E-state index contributed by atoms with van der Waals surface area (Å²) in [5.41, 5.74) is 5.79. The molecule has 0 amide bonds. The first-order valence-corrected chi connectivity index (χ1v) is 6.91.